The molecule has 0 radical (unpaired) electrons. The number of alkyl halides is 3. The third-order valence-corrected chi connectivity index (χ3v) is 22.7. The molecule has 12 amide bonds. The average Bonchev–Trinajstić information content (AvgIpc) is 1.53. The van der Waals surface area contributed by atoms with Crippen molar-refractivity contribution in [1.29, 1.82) is 0 Å². The zero-order valence-electron chi connectivity index (χ0n) is 61.1. The van der Waals surface area contributed by atoms with Gasteiger partial charge in [0.25, 0.3) is 0 Å². The number of likely N-dealkylation sites (N-methyl/N-ethyl adjacent to an activating group) is 7. The number of hydrogen-bond acceptors (Lipinski definition) is 12. The molecule has 558 valence electrons. The molecular weight excluding hydrogens is 1320 g/mol. The van der Waals surface area contributed by atoms with Crippen LogP contribution in [0.1, 0.15) is 187 Å². The van der Waals surface area contributed by atoms with Gasteiger partial charge in [-0.05, 0) is 119 Å². The highest BCUT2D eigenvalue weighted by molar-refractivity contribution is 6.31. The Balaban J connectivity index is 1.29. The monoisotopic (exact) mass is 1430 g/mol. The Hall–Kier alpha value is -7.06. The van der Waals surface area contributed by atoms with E-state index in [-0.39, 0.29) is 76.3 Å². The van der Waals surface area contributed by atoms with Crippen LogP contribution in [-0.4, -0.2) is 251 Å². The summed E-state index contributed by atoms with van der Waals surface area (Å²) in [6.45, 7) is 8.43. The molecule has 3 aliphatic carbocycles. The van der Waals surface area contributed by atoms with Crippen molar-refractivity contribution in [2.45, 2.75) is 248 Å². The largest absolute Gasteiger partial charge is 0.417 e. The second-order valence-corrected chi connectivity index (χ2v) is 30.4. The Labute approximate surface area is 593 Å². The van der Waals surface area contributed by atoms with Gasteiger partial charge in [0.05, 0.1) is 23.6 Å². The summed E-state index contributed by atoms with van der Waals surface area (Å²) in [4.78, 5) is 191. The van der Waals surface area contributed by atoms with Gasteiger partial charge in [-0.3, -0.25) is 57.5 Å². The molecule has 3 saturated heterocycles. The summed E-state index contributed by atoms with van der Waals surface area (Å²) in [7, 11) is 11.6. The number of aryl methyl sites for hydroxylation is 1. The second-order valence-electron chi connectivity index (χ2n) is 30.0. The minimum atomic E-state index is -4.76. The highest BCUT2D eigenvalue weighted by Crippen LogP contribution is 2.39. The van der Waals surface area contributed by atoms with Crippen molar-refractivity contribution >= 4 is 82.5 Å². The Morgan fingerprint density at radius 1 is 0.660 bits per heavy atom. The highest BCUT2D eigenvalue weighted by atomic mass is 35.5. The third kappa shape index (κ3) is 18.8. The second kappa shape index (κ2) is 34.7. The summed E-state index contributed by atoms with van der Waals surface area (Å²) in [5.74, 6) is -8.73. The molecule has 0 bridgehead atoms. The summed E-state index contributed by atoms with van der Waals surface area (Å²) in [6, 6.07) is -7.79. The van der Waals surface area contributed by atoms with E-state index in [2.05, 4.69) is 16.0 Å². The van der Waals surface area contributed by atoms with E-state index < -0.39 is 172 Å². The molecule has 1 aromatic carbocycles. The maximum absolute atomic E-state index is 15.6. The molecule has 6 fully saturated rings. The van der Waals surface area contributed by atoms with Crippen LogP contribution in [0, 0.1) is 23.7 Å². The summed E-state index contributed by atoms with van der Waals surface area (Å²) in [5, 5.41) is 8.20. The Bertz CT molecular complexity index is 3160. The summed E-state index contributed by atoms with van der Waals surface area (Å²) < 4.78 is 41.7. The molecule has 3 N–H and O–H groups in total. The molecule has 100 heavy (non-hydrogen) atoms. The Kier molecular flexibility index (Phi) is 27.9. The minimum Gasteiger partial charge on any atom is -0.347 e. The van der Waals surface area contributed by atoms with Crippen LogP contribution >= 0.6 is 11.6 Å². The standard InChI is InChI=1S/C72H110ClF3N12O12/c1-14-44(4)59-68(98)82(9)45(5)63(93)88-37-33-53(88)67(97)84(11)55(40-46-24-17-15-18-25-46)66(96)81(8)42-57(89)77-51(32-30-47-29-31-49(50(73)39-47)72(74,75)76)64(94)87-36-23-28-52(87)62(92)79-71(34-21-22-35-71)70(100)86(13)60(48-26-19-16-20-27-48)69(99)85(12)56(65(95)80(6)7)41-58(90)83(10)54(38-43(2)3)61(91)78-59/h29,31,39,43-46,48,51-56,59-60H,14-28,30,32-38,40-42H2,1-13H3,(H,77,89)(H,78,91)(H,79,92)/t44-,45-,51-,52-,53-,54-,55-,56-,59-,60-/m0/s1. The van der Waals surface area contributed by atoms with E-state index in [1.54, 1.807) is 6.92 Å². The normalized spacial score (nSPS) is 27.9. The molecule has 1 aromatic rings. The van der Waals surface area contributed by atoms with Crippen molar-refractivity contribution in [3.05, 3.63) is 34.3 Å². The van der Waals surface area contributed by atoms with Gasteiger partial charge in [-0.25, -0.2) is 0 Å². The zero-order chi connectivity index (χ0) is 74.0. The van der Waals surface area contributed by atoms with Crippen molar-refractivity contribution in [2.75, 3.05) is 76.0 Å². The molecule has 3 heterocycles. The zero-order valence-corrected chi connectivity index (χ0v) is 61.8. The lowest BCUT2D eigenvalue weighted by Crippen LogP contribution is -2.65. The van der Waals surface area contributed by atoms with Crippen molar-refractivity contribution in [3.63, 3.8) is 0 Å². The lowest BCUT2D eigenvalue weighted by Gasteiger charge is -2.45. The van der Waals surface area contributed by atoms with Crippen LogP contribution in [0.15, 0.2) is 18.2 Å². The smallest absolute Gasteiger partial charge is 0.347 e. The fourth-order valence-corrected chi connectivity index (χ4v) is 16.0. The van der Waals surface area contributed by atoms with Crippen LogP contribution in [0.4, 0.5) is 13.2 Å². The van der Waals surface area contributed by atoms with E-state index >= 15 is 19.2 Å². The van der Waals surface area contributed by atoms with Gasteiger partial charge in [-0.15, -0.1) is 0 Å². The van der Waals surface area contributed by atoms with Crippen molar-refractivity contribution in [2.24, 2.45) is 23.7 Å². The number of fused-ring (bicyclic) bond motifs is 2. The van der Waals surface area contributed by atoms with Crippen LogP contribution in [0.25, 0.3) is 0 Å². The maximum Gasteiger partial charge on any atom is 0.417 e. The van der Waals surface area contributed by atoms with Crippen molar-refractivity contribution in [3.8, 4) is 0 Å². The summed E-state index contributed by atoms with van der Waals surface area (Å²) in [5.41, 5.74) is -2.34. The molecule has 28 heteroatoms. The van der Waals surface area contributed by atoms with Gasteiger partial charge < -0.3 is 60.0 Å². The summed E-state index contributed by atoms with van der Waals surface area (Å²) >= 11 is 6.17. The SMILES string of the molecule is CC[C@H](C)[C@@H]1NC(=O)[C@H](CC(C)C)N(C)C(=O)C[C@@H](C(=O)N(C)C)N(C)C(=O)[C@H](C2CCCCC2)N(C)C(=O)C2(CCCC2)NC(=O)[C@@H]2CCCN2C(=O)[C@H](CCc2ccc(C(F)(F)F)c(Cl)c2)NC(=O)CN(C)C(=O)[C@H](CC2CCCCC2)N(C)C(=O)[C@@H]2CCN2C(=O)[C@H](C)N(C)C1=O. The molecule has 6 aliphatic rings. The number of carbonyl (C=O) groups is 12. The van der Waals surface area contributed by atoms with Gasteiger partial charge >= 0.3 is 6.18 Å². The Morgan fingerprint density at radius 3 is 1.85 bits per heavy atom. The van der Waals surface area contributed by atoms with Gasteiger partial charge in [0, 0.05) is 69.5 Å². The molecule has 24 nitrogen and oxygen atoms in total. The van der Waals surface area contributed by atoms with Crippen LogP contribution in [0.2, 0.25) is 5.02 Å². The van der Waals surface area contributed by atoms with Gasteiger partial charge in [0.2, 0.25) is 70.9 Å². The van der Waals surface area contributed by atoms with E-state index in [1.807, 2.05) is 20.8 Å². The maximum atomic E-state index is 15.6. The number of carbonyl (C=O) groups excluding carboxylic acids is 12. The van der Waals surface area contributed by atoms with Gasteiger partial charge in [-0.2, -0.15) is 13.2 Å². The van der Waals surface area contributed by atoms with Gasteiger partial charge in [0.15, 0.2) is 0 Å². The van der Waals surface area contributed by atoms with E-state index in [1.165, 1.54) is 109 Å². The molecular formula is C72H110ClF3N12O12. The molecule has 1 spiro atoms. The van der Waals surface area contributed by atoms with Crippen molar-refractivity contribution < 1.29 is 70.7 Å². The quantitative estimate of drug-likeness (QED) is 0.229. The average molecular weight is 1430 g/mol. The fraction of sp³-hybridized carbons (Fsp3) is 0.750. The molecule has 0 aromatic heterocycles. The van der Waals surface area contributed by atoms with E-state index in [9.17, 15) is 51.5 Å². The first-order chi connectivity index (χ1) is 47.0. The van der Waals surface area contributed by atoms with E-state index in [0.717, 1.165) is 68.4 Å². The highest BCUT2D eigenvalue weighted by Gasteiger charge is 2.52. The van der Waals surface area contributed by atoms with Crippen LogP contribution in [-0.2, 0) is 70.1 Å². The predicted molar refractivity (Wildman–Crippen MR) is 369 cm³/mol. The minimum absolute atomic E-state index is 0.0231. The number of hydrogen-bond donors (Lipinski definition) is 3. The van der Waals surface area contributed by atoms with Crippen molar-refractivity contribution in [1.82, 2.24) is 60.0 Å². The Morgan fingerprint density at radius 2 is 1.28 bits per heavy atom. The van der Waals surface area contributed by atoms with Crippen LogP contribution in [0.5, 0.6) is 0 Å². The lowest BCUT2D eigenvalue weighted by atomic mass is 9.81. The lowest BCUT2D eigenvalue weighted by molar-refractivity contribution is -0.160. The predicted octanol–water partition coefficient (Wildman–Crippen LogP) is 6.03. The molecule has 3 aliphatic heterocycles. The number of amides is 12. The number of nitrogens with zero attached hydrogens (tertiary/aromatic N) is 9. The molecule has 0 unspecified atom stereocenters. The van der Waals surface area contributed by atoms with E-state index in [0.29, 0.717) is 44.1 Å². The number of benzene rings is 1. The molecule has 7 rings (SSSR count). The molecule has 3 saturated carbocycles. The van der Waals surface area contributed by atoms with E-state index in [4.69, 9.17) is 11.6 Å². The number of rotatable bonds is 11. The fourth-order valence-electron chi connectivity index (χ4n) is 15.7. The van der Waals surface area contributed by atoms with Crippen LogP contribution in [0.3, 0.4) is 0 Å². The first-order valence-corrected chi connectivity index (χ1v) is 36.6. The number of halogens is 4. The third-order valence-electron chi connectivity index (χ3n) is 22.4. The first kappa shape index (κ1) is 80.3. The molecule has 10 atom stereocenters. The topological polar surface area (TPSA) is 270 Å². The van der Waals surface area contributed by atoms with Crippen LogP contribution < -0.4 is 16.0 Å². The van der Waals surface area contributed by atoms with Gasteiger partial charge in [0.1, 0.15) is 59.9 Å². The summed E-state index contributed by atoms with van der Waals surface area (Å²) in [6.07, 6.45) is 5.01. The first-order valence-electron chi connectivity index (χ1n) is 36.2. The number of nitrogens with one attached hydrogen (secondary N) is 3. The van der Waals surface area contributed by atoms with Gasteiger partial charge in [-0.1, -0.05) is 116 Å².